The first-order valence-electron chi connectivity index (χ1n) is 5.93. The molecule has 92 valence electrons. The summed E-state index contributed by atoms with van der Waals surface area (Å²) >= 11 is 0. The molecule has 0 radical (unpaired) electrons. The van der Waals surface area contributed by atoms with E-state index in [1.807, 2.05) is 11.0 Å². The van der Waals surface area contributed by atoms with Gasteiger partial charge in [0.1, 0.15) is 5.82 Å². The van der Waals surface area contributed by atoms with Crippen molar-refractivity contribution in [3.05, 3.63) is 30.1 Å². The van der Waals surface area contributed by atoms with Crippen molar-refractivity contribution < 1.29 is 4.39 Å². The van der Waals surface area contributed by atoms with Gasteiger partial charge in [-0.2, -0.15) is 0 Å². The van der Waals surface area contributed by atoms with Crippen LogP contribution in [0.3, 0.4) is 0 Å². The van der Waals surface area contributed by atoms with Gasteiger partial charge < -0.3 is 10.6 Å². The maximum absolute atomic E-state index is 13.8. The highest BCUT2D eigenvalue weighted by Crippen LogP contribution is 2.33. The SMILES string of the molecule is CCCC1(C)CN=C(N)N1c1ccccc1F. The van der Waals surface area contributed by atoms with Gasteiger partial charge in [0.15, 0.2) is 5.96 Å². The Hall–Kier alpha value is -1.58. The minimum Gasteiger partial charge on any atom is -0.369 e. The lowest BCUT2D eigenvalue weighted by Crippen LogP contribution is -2.50. The van der Waals surface area contributed by atoms with Crippen LogP contribution in [0, 0.1) is 5.82 Å². The number of para-hydroxylation sites is 1. The molecular formula is C13H18FN3. The molecule has 3 nitrogen and oxygen atoms in total. The van der Waals surface area contributed by atoms with Crippen LogP contribution in [0.1, 0.15) is 26.7 Å². The van der Waals surface area contributed by atoms with E-state index < -0.39 is 0 Å². The molecule has 1 aliphatic rings. The predicted molar refractivity (Wildman–Crippen MR) is 68.7 cm³/mol. The van der Waals surface area contributed by atoms with Crippen LogP contribution >= 0.6 is 0 Å². The Morgan fingerprint density at radius 2 is 2.18 bits per heavy atom. The minimum absolute atomic E-state index is 0.207. The molecule has 17 heavy (non-hydrogen) atoms. The van der Waals surface area contributed by atoms with Crippen molar-refractivity contribution in [2.45, 2.75) is 32.2 Å². The first-order chi connectivity index (χ1) is 8.08. The molecule has 1 aromatic rings. The lowest BCUT2D eigenvalue weighted by Gasteiger charge is -2.36. The van der Waals surface area contributed by atoms with Gasteiger partial charge >= 0.3 is 0 Å². The quantitative estimate of drug-likeness (QED) is 0.874. The van der Waals surface area contributed by atoms with Crippen LogP contribution in [0.5, 0.6) is 0 Å². The Balaban J connectivity index is 2.41. The van der Waals surface area contributed by atoms with Crippen molar-refractivity contribution in [3.8, 4) is 0 Å². The van der Waals surface area contributed by atoms with Gasteiger partial charge in [-0.25, -0.2) is 4.39 Å². The second kappa shape index (κ2) is 4.35. The average Bonchev–Trinajstić information content (AvgIpc) is 2.57. The number of hydrogen-bond donors (Lipinski definition) is 1. The number of nitrogens with zero attached hydrogens (tertiary/aromatic N) is 2. The van der Waals surface area contributed by atoms with Crippen molar-refractivity contribution in [2.24, 2.45) is 10.7 Å². The Bertz CT molecular complexity index is 444. The fourth-order valence-electron chi connectivity index (χ4n) is 2.45. The number of nitrogens with two attached hydrogens (primary N) is 1. The third-order valence-corrected chi connectivity index (χ3v) is 3.23. The summed E-state index contributed by atoms with van der Waals surface area (Å²) < 4.78 is 13.8. The number of hydrogen-bond acceptors (Lipinski definition) is 3. The maximum atomic E-state index is 13.8. The highest BCUT2D eigenvalue weighted by molar-refractivity contribution is 5.98. The molecule has 1 aliphatic heterocycles. The zero-order valence-electron chi connectivity index (χ0n) is 10.3. The number of guanidine groups is 1. The zero-order valence-corrected chi connectivity index (χ0v) is 10.3. The summed E-state index contributed by atoms with van der Waals surface area (Å²) in [4.78, 5) is 6.09. The number of rotatable bonds is 3. The third-order valence-electron chi connectivity index (χ3n) is 3.23. The lowest BCUT2D eigenvalue weighted by molar-refractivity contribution is 0.452. The Morgan fingerprint density at radius 1 is 1.47 bits per heavy atom. The van der Waals surface area contributed by atoms with E-state index in [9.17, 15) is 4.39 Å². The smallest absolute Gasteiger partial charge is 0.196 e. The summed E-state index contributed by atoms with van der Waals surface area (Å²) in [7, 11) is 0. The minimum atomic E-state index is -0.255. The highest BCUT2D eigenvalue weighted by Gasteiger charge is 2.39. The van der Waals surface area contributed by atoms with Gasteiger partial charge in [0.2, 0.25) is 0 Å². The van der Waals surface area contributed by atoms with E-state index in [1.54, 1.807) is 12.1 Å². The largest absolute Gasteiger partial charge is 0.369 e. The van der Waals surface area contributed by atoms with E-state index in [1.165, 1.54) is 6.07 Å². The molecule has 0 aliphatic carbocycles. The van der Waals surface area contributed by atoms with E-state index in [2.05, 4.69) is 18.8 Å². The normalized spacial score (nSPS) is 23.9. The van der Waals surface area contributed by atoms with Crippen molar-refractivity contribution in [1.82, 2.24) is 0 Å². The monoisotopic (exact) mass is 235 g/mol. The van der Waals surface area contributed by atoms with Gasteiger partial charge in [-0.15, -0.1) is 0 Å². The van der Waals surface area contributed by atoms with E-state index in [-0.39, 0.29) is 11.4 Å². The summed E-state index contributed by atoms with van der Waals surface area (Å²) in [6.45, 7) is 4.81. The summed E-state index contributed by atoms with van der Waals surface area (Å²) in [5.41, 5.74) is 6.20. The first kappa shape index (κ1) is 11.9. The Labute approximate surface area is 101 Å². The molecule has 1 heterocycles. The highest BCUT2D eigenvalue weighted by atomic mass is 19.1. The lowest BCUT2D eigenvalue weighted by atomic mass is 9.94. The van der Waals surface area contributed by atoms with Crippen molar-refractivity contribution in [2.75, 3.05) is 11.4 Å². The van der Waals surface area contributed by atoms with Gasteiger partial charge in [-0.1, -0.05) is 25.5 Å². The molecule has 1 unspecified atom stereocenters. The molecule has 0 spiro atoms. The van der Waals surface area contributed by atoms with Crippen LogP contribution in [0.15, 0.2) is 29.3 Å². The molecule has 0 amide bonds. The molecule has 1 aromatic carbocycles. The van der Waals surface area contributed by atoms with Gasteiger partial charge in [0.25, 0.3) is 0 Å². The second-order valence-corrected chi connectivity index (χ2v) is 4.71. The number of halogens is 1. The summed E-state index contributed by atoms with van der Waals surface area (Å²) in [5, 5.41) is 0. The third kappa shape index (κ3) is 1.99. The molecule has 0 saturated heterocycles. The summed E-state index contributed by atoms with van der Waals surface area (Å²) in [6, 6.07) is 6.69. The maximum Gasteiger partial charge on any atom is 0.196 e. The average molecular weight is 235 g/mol. The van der Waals surface area contributed by atoms with E-state index >= 15 is 0 Å². The van der Waals surface area contributed by atoms with Crippen LogP contribution in [0.2, 0.25) is 0 Å². The van der Waals surface area contributed by atoms with Gasteiger partial charge in [-0.3, -0.25) is 4.99 Å². The fourth-order valence-corrected chi connectivity index (χ4v) is 2.45. The predicted octanol–water partition coefficient (Wildman–Crippen LogP) is 2.52. The van der Waals surface area contributed by atoms with Crippen LogP contribution in [0.4, 0.5) is 10.1 Å². The molecule has 0 saturated carbocycles. The van der Waals surface area contributed by atoms with E-state index in [0.29, 0.717) is 18.2 Å². The van der Waals surface area contributed by atoms with Crippen molar-refractivity contribution in [1.29, 1.82) is 0 Å². The molecule has 2 rings (SSSR count). The van der Waals surface area contributed by atoms with E-state index in [4.69, 9.17) is 5.73 Å². The van der Waals surface area contributed by atoms with Crippen LogP contribution < -0.4 is 10.6 Å². The molecule has 1 atom stereocenters. The summed E-state index contributed by atoms with van der Waals surface area (Å²) in [5.74, 6) is 0.154. The topological polar surface area (TPSA) is 41.6 Å². The van der Waals surface area contributed by atoms with Crippen molar-refractivity contribution in [3.63, 3.8) is 0 Å². The van der Waals surface area contributed by atoms with Gasteiger partial charge in [-0.05, 0) is 25.5 Å². The summed E-state index contributed by atoms with van der Waals surface area (Å²) in [6.07, 6.45) is 1.95. The second-order valence-electron chi connectivity index (χ2n) is 4.71. The molecule has 0 fully saturated rings. The van der Waals surface area contributed by atoms with Crippen LogP contribution in [0.25, 0.3) is 0 Å². The molecule has 0 bridgehead atoms. The number of anilines is 1. The van der Waals surface area contributed by atoms with Gasteiger partial charge in [0, 0.05) is 0 Å². The molecule has 4 heteroatoms. The number of aliphatic imine (C=N–C) groups is 1. The fraction of sp³-hybridized carbons (Fsp3) is 0.462. The van der Waals surface area contributed by atoms with Crippen LogP contribution in [-0.2, 0) is 0 Å². The van der Waals surface area contributed by atoms with Crippen LogP contribution in [-0.4, -0.2) is 18.0 Å². The standard InChI is InChI=1S/C13H18FN3/c1-3-8-13(2)9-16-12(15)17(13)11-7-5-4-6-10(11)14/h4-7H,3,8-9H2,1-2H3,(H2,15,16). The van der Waals surface area contributed by atoms with Gasteiger partial charge in [0.05, 0.1) is 17.8 Å². The number of benzene rings is 1. The Morgan fingerprint density at radius 3 is 2.82 bits per heavy atom. The molecular weight excluding hydrogens is 217 g/mol. The molecule has 2 N–H and O–H groups in total. The molecule has 0 aromatic heterocycles. The van der Waals surface area contributed by atoms with E-state index in [0.717, 1.165) is 12.8 Å². The zero-order chi connectivity index (χ0) is 12.5. The van der Waals surface area contributed by atoms with Crippen molar-refractivity contribution >= 4 is 11.6 Å². The first-order valence-corrected chi connectivity index (χ1v) is 5.93. The Kier molecular flexibility index (Phi) is 3.05.